The van der Waals surface area contributed by atoms with Crippen molar-refractivity contribution < 1.29 is 76.4 Å². The fourth-order valence-electron chi connectivity index (χ4n) is 8.06. The molecule has 9 atom stereocenters. The Balaban J connectivity index is 0.846. The van der Waals surface area contributed by atoms with Crippen molar-refractivity contribution >= 4 is 61.5 Å². The number of hydrogen-bond donors (Lipinski definition) is 8. The minimum absolute atomic E-state index is 0.00586. The molecule has 0 aromatic heterocycles. The fraction of sp³-hybridized carbons (Fsp3) is 0.714. The first-order valence-electron chi connectivity index (χ1n) is 23.3. The van der Waals surface area contributed by atoms with Crippen LogP contribution in [-0.4, -0.2) is 176 Å². The maximum atomic E-state index is 12.7. The number of amidine groups is 1. The van der Waals surface area contributed by atoms with Gasteiger partial charge in [0.2, 0.25) is 11.8 Å². The molecular formula is C42H66N9O17PS. The van der Waals surface area contributed by atoms with Crippen LogP contribution in [0.1, 0.15) is 69.1 Å². The number of carbonyl (C=O) groups excluding carboxylic acids is 5. The maximum absolute atomic E-state index is 12.7. The number of alkyl carbamates (subject to hydrolysis) is 1. The van der Waals surface area contributed by atoms with Crippen molar-refractivity contribution in [3.05, 3.63) is 39.4 Å². The minimum Gasteiger partial charge on any atom is -0.441 e. The van der Waals surface area contributed by atoms with Gasteiger partial charge in [-0.05, 0) is 44.2 Å². The predicted octanol–water partition coefficient (Wildman–Crippen LogP) is 0.970. The van der Waals surface area contributed by atoms with Gasteiger partial charge in [-0.25, -0.2) is 14.4 Å². The van der Waals surface area contributed by atoms with E-state index in [1.807, 2.05) is 11.8 Å². The Morgan fingerprint density at radius 2 is 1.67 bits per heavy atom. The molecule has 1 aromatic rings. The summed E-state index contributed by atoms with van der Waals surface area (Å²) >= 11 is 1.87. The average Bonchev–Trinajstić information content (AvgIpc) is 4.00. The number of nitrogens with one attached hydrogen (secondary N) is 5. The third kappa shape index (κ3) is 18.5. The molecule has 9 N–H and O–H groups in total. The van der Waals surface area contributed by atoms with Crippen molar-refractivity contribution in [2.45, 2.75) is 100 Å². The number of thioether (sulfide) groups is 1. The van der Waals surface area contributed by atoms with Crippen molar-refractivity contribution in [3.63, 3.8) is 0 Å². The van der Waals surface area contributed by atoms with Crippen LogP contribution in [0.5, 0.6) is 0 Å². The van der Waals surface area contributed by atoms with Gasteiger partial charge in [-0.2, -0.15) is 16.8 Å². The number of nitrogens with zero attached hydrogens (tertiary/aromatic N) is 3. The molecule has 4 heterocycles. The Bertz CT molecular complexity index is 1980. The molecule has 4 aliphatic heterocycles. The molecule has 7 amide bonds. The van der Waals surface area contributed by atoms with E-state index in [0.29, 0.717) is 76.3 Å². The lowest BCUT2D eigenvalue weighted by molar-refractivity contribution is -0.386. The molecule has 4 aliphatic rings. The summed E-state index contributed by atoms with van der Waals surface area (Å²) in [5.41, 5.74) is 6.38. The van der Waals surface area contributed by atoms with Crippen LogP contribution in [0.15, 0.2) is 23.2 Å². The van der Waals surface area contributed by atoms with E-state index >= 15 is 0 Å². The first kappa shape index (κ1) is 56.2. The number of amides is 7. The second kappa shape index (κ2) is 29.6. The van der Waals surface area contributed by atoms with Crippen LogP contribution < -0.4 is 32.3 Å². The van der Waals surface area contributed by atoms with Crippen molar-refractivity contribution in [1.29, 1.82) is 0 Å². The number of unbranched alkanes of at least 4 members (excludes halogenated alkanes) is 1. The molecule has 1 aromatic carbocycles. The lowest BCUT2D eigenvalue weighted by Gasteiger charge is -2.35. The van der Waals surface area contributed by atoms with E-state index < -0.39 is 55.8 Å². The van der Waals surface area contributed by atoms with E-state index in [1.165, 1.54) is 25.1 Å². The van der Waals surface area contributed by atoms with Crippen molar-refractivity contribution in [2.75, 3.05) is 84.8 Å². The Morgan fingerprint density at radius 3 is 2.39 bits per heavy atom. The number of nitro groups is 1. The monoisotopic (exact) mass is 1030 g/mol. The molecule has 26 nitrogen and oxygen atoms in total. The minimum atomic E-state index is -3.36. The van der Waals surface area contributed by atoms with Crippen LogP contribution in [0.2, 0.25) is 0 Å². The van der Waals surface area contributed by atoms with Gasteiger partial charge in [0.05, 0.1) is 82.0 Å². The third-order valence-corrected chi connectivity index (χ3v) is 13.7. The van der Waals surface area contributed by atoms with Crippen LogP contribution >= 0.6 is 20.0 Å². The normalized spacial score (nSPS) is 23.7. The number of aliphatic imine (C=N–C) groups is 1. The number of nitro benzene ring substituents is 1. The molecule has 5 rings (SSSR count). The molecule has 70 heavy (non-hydrogen) atoms. The average molecular weight is 1030 g/mol. The van der Waals surface area contributed by atoms with Crippen molar-refractivity contribution in [3.8, 4) is 0 Å². The van der Waals surface area contributed by atoms with Crippen molar-refractivity contribution in [2.24, 2.45) is 16.6 Å². The van der Waals surface area contributed by atoms with E-state index in [0.717, 1.165) is 29.9 Å². The number of ether oxygens (including phenoxy) is 6. The summed E-state index contributed by atoms with van der Waals surface area (Å²) in [6.45, 7) is 4.43. The SMILES string of the molecule is CC(OC(=O)NCCCC1CN([C@@H]2OCC(O[PH](=O)O)[C@@H]2O)C(=O)N=C1N)c1cc(CNC(=O)CCOCCOCCOCCOCCNC(=O)CCCC[C@@H]2SC[C@@H]3NC(=O)N[C@@H]32)ccc1[N+](=O)[O-]. The Kier molecular flexibility index (Phi) is 23.8. The molecule has 4 unspecified atom stereocenters. The zero-order valence-corrected chi connectivity index (χ0v) is 40.9. The highest BCUT2D eigenvalue weighted by Gasteiger charge is 2.45. The van der Waals surface area contributed by atoms with E-state index in [2.05, 4.69) is 31.6 Å². The van der Waals surface area contributed by atoms with Gasteiger partial charge in [-0.15, -0.1) is 0 Å². The van der Waals surface area contributed by atoms with Gasteiger partial charge in [0.15, 0.2) is 6.23 Å². The highest BCUT2D eigenvalue weighted by Crippen LogP contribution is 2.34. The van der Waals surface area contributed by atoms with E-state index in [-0.39, 0.29) is 92.9 Å². The first-order chi connectivity index (χ1) is 33.7. The van der Waals surface area contributed by atoms with Gasteiger partial charge < -0.3 is 75.3 Å². The molecular weight excluding hydrogens is 966 g/mol. The number of fused-ring (bicyclic) bond motifs is 1. The van der Waals surface area contributed by atoms with Crippen LogP contribution in [0.3, 0.4) is 0 Å². The van der Waals surface area contributed by atoms with Gasteiger partial charge in [0.25, 0.3) is 5.69 Å². The zero-order chi connectivity index (χ0) is 50.4. The van der Waals surface area contributed by atoms with Crippen LogP contribution in [0, 0.1) is 16.0 Å². The van der Waals surface area contributed by atoms with Gasteiger partial charge in [0.1, 0.15) is 24.1 Å². The summed E-state index contributed by atoms with van der Waals surface area (Å²) in [4.78, 5) is 86.6. The number of aliphatic hydroxyl groups excluding tert-OH is 1. The molecule has 0 saturated carbocycles. The van der Waals surface area contributed by atoms with Crippen LogP contribution in [0.25, 0.3) is 0 Å². The summed E-state index contributed by atoms with van der Waals surface area (Å²) in [6, 6.07) is 3.81. The quantitative estimate of drug-likeness (QED) is 0.0164. The first-order valence-corrected chi connectivity index (χ1v) is 25.6. The second-order valence-corrected chi connectivity index (χ2v) is 18.8. The smallest absolute Gasteiger partial charge is 0.407 e. The topological polar surface area (TPSA) is 352 Å². The maximum Gasteiger partial charge on any atom is 0.407 e. The highest BCUT2D eigenvalue weighted by molar-refractivity contribution is 8.00. The molecule has 0 radical (unpaired) electrons. The summed E-state index contributed by atoms with van der Waals surface area (Å²) in [5.74, 6) is 0.210. The summed E-state index contributed by atoms with van der Waals surface area (Å²) in [5, 5.41) is 36.8. The van der Waals surface area contributed by atoms with Crippen molar-refractivity contribution in [1.82, 2.24) is 31.5 Å². The molecule has 3 fully saturated rings. The van der Waals surface area contributed by atoms with Gasteiger partial charge in [0, 0.05) is 62.0 Å². The molecule has 28 heteroatoms. The molecule has 392 valence electrons. The number of carbonyl (C=O) groups is 5. The zero-order valence-electron chi connectivity index (χ0n) is 39.0. The largest absolute Gasteiger partial charge is 0.441 e. The number of hydrogen-bond acceptors (Lipinski definition) is 18. The Hall–Kier alpha value is -4.70. The standard InChI is InChI=1S/C42H66N9O17PS/c1-26(67-42(57)45-11-4-5-28-23-50(41(56)49-38(28)43)39-37(54)32(24-66-39)68-69(60)61)29-21-27(8-9-31(29)51(58)59)22-46-35(53)10-13-62-15-17-64-19-20-65-18-16-63-14-12-44-34(52)7-3-2-6-33-36-30(25-70-33)47-40(55)48-36/h8-9,21,26,28,30,32-33,36-37,39,54,69H,2-7,10-20,22-25H2,1H3,(H,44,52)(H,45,57)(H,46,53)(H,60,61)(H2,43,49,56)(H2,47,48,55)/t26?,28?,30-,32?,33-,36-,37-,39+/m0/s1. The number of benzene rings is 1. The Morgan fingerprint density at radius 1 is 0.971 bits per heavy atom. The fourth-order valence-corrected chi connectivity index (χ4v) is 10.1. The van der Waals surface area contributed by atoms with Gasteiger partial charge in [-0.1, -0.05) is 12.5 Å². The number of nitrogens with two attached hydrogens (primary N) is 1. The molecule has 3 saturated heterocycles. The lowest BCUT2D eigenvalue weighted by atomic mass is 9.99. The number of rotatable bonds is 32. The summed E-state index contributed by atoms with van der Waals surface area (Å²) in [6.07, 6.45) is -1.60. The van der Waals surface area contributed by atoms with E-state index in [1.54, 1.807) is 0 Å². The molecule has 0 spiro atoms. The summed E-state index contributed by atoms with van der Waals surface area (Å²) < 4.78 is 48.7. The molecule has 0 aliphatic carbocycles. The van der Waals surface area contributed by atoms with Gasteiger partial charge >= 0.3 is 26.4 Å². The van der Waals surface area contributed by atoms with E-state index in [4.69, 9.17) is 43.6 Å². The highest BCUT2D eigenvalue weighted by atomic mass is 32.2. The number of urea groups is 2. The molecule has 0 bridgehead atoms. The Labute approximate surface area is 409 Å². The van der Waals surface area contributed by atoms with Crippen LogP contribution in [0.4, 0.5) is 20.1 Å². The van der Waals surface area contributed by atoms with Crippen LogP contribution in [-0.2, 0) is 53.6 Å². The van der Waals surface area contributed by atoms with E-state index in [9.17, 15) is 43.8 Å². The second-order valence-electron chi connectivity index (χ2n) is 16.8. The lowest BCUT2D eigenvalue weighted by Crippen LogP contribution is -2.53. The van der Waals surface area contributed by atoms with Gasteiger partial charge in [-0.3, -0.25) is 29.2 Å². The number of aliphatic hydroxyl groups is 1. The summed E-state index contributed by atoms with van der Waals surface area (Å²) in [7, 11) is -3.36. The third-order valence-electron chi connectivity index (χ3n) is 11.7. The predicted molar refractivity (Wildman–Crippen MR) is 251 cm³/mol.